The van der Waals surface area contributed by atoms with Gasteiger partial charge in [0, 0.05) is 11.6 Å². The summed E-state index contributed by atoms with van der Waals surface area (Å²) in [6.45, 7) is 0.551. The Labute approximate surface area is 153 Å². The van der Waals surface area contributed by atoms with Crippen LogP contribution in [-0.2, 0) is 0 Å². The van der Waals surface area contributed by atoms with Gasteiger partial charge in [-0.15, -0.1) is 24.0 Å². The fraction of sp³-hybridized carbons (Fsp3) is 0.562. The van der Waals surface area contributed by atoms with Crippen LogP contribution < -0.4 is 11.1 Å². The number of benzene rings is 1. The van der Waals surface area contributed by atoms with Crippen molar-refractivity contribution in [2.45, 2.75) is 37.6 Å². The molecule has 0 radical (unpaired) electrons. The number of halogens is 3. The summed E-state index contributed by atoms with van der Waals surface area (Å²) >= 11 is 0. The fourth-order valence-corrected chi connectivity index (χ4v) is 2.96. The zero-order valence-electron chi connectivity index (χ0n) is 13.6. The van der Waals surface area contributed by atoms with E-state index in [4.69, 9.17) is 5.73 Å². The highest BCUT2D eigenvalue weighted by molar-refractivity contribution is 14.0. The topological polar surface area (TPSA) is 53.6 Å². The summed E-state index contributed by atoms with van der Waals surface area (Å²) in [6.07, 6.45) is 5.76. The van der Waals surface area contributed by atoms with Crippen molar-refractivity contribution >= 4 is 35.6 Å². The first-order valence-electron chi connectivity index (χ1n) is 7.62. The maximum atomic E-state index is 13.6. The van der Waals surface area contributed by atoms with Gasteiger partial charge in [-0.3, -0.25) is 4.99 Å². The van der Waals surface area contributed by atoms with Crippen LogP contribution in [0.15, 0.2) is 23.2 Å². The maximum absolute atomic E-state index is 13.6. The molecule has 4 nitrogen and oxygen atoms in total. The van der Waals surface area contributed by atoms with Gasteiger partial charge in [0.05, 0.1) is 12.2 Å². The molecule has 2 rings (SSSR count). The minimum absolute atomic E-state index is 0. The van der Waals surface area contributed by atoms with E-state index in [1.807, 2.05) is 0 Å². The van der Waals surface area contributed by atoms with Crippen molar-refractivity contribution in [3.8, 4) is 0 Å². The van der Waals surface area contributed by atoms with E-state index in [9.17, 15) is 8.78 Å². The normalized spacial score (nSPS) is 17.7. The molecule has 0 bridgehead atoms. The van der Waals surface area contributed by atoms with Crippen LogP contribution >= 0.6 is 24.0 Å². The Hall–Kier alpha value is -0.960. The standard InChI is InChI=1S/C16H24F2N4.HI/c1-22(2)16(8-4-3-5-9-16)11-20-15(19)21-14-10-12(17)6-7-13(14)18;/h6-7,10H,3-5,8-9,11H2,1-2H3,(H3,19,20,21);1H. The molecule has 0 amide bonds. The van der Waals surface area contributed by atoms with Crippen LogP contribution in [0.4, 0.5) is 14.5 Å². The monoisotopic (exact) mass is 438 g/mol. The lowest BCUT2D eigenvalue weighted by molar-refractivity contribution is 0.109. The van der Waals surface area contributed by atoms with Crippen LogP contribution in [0.3, 0.4) is 0 Å². The van der Waals surface area contributed by atoms with Gasteiger partial charge in [0.1, 0.15) is 11.6 Å². The van der Waals surface area contributed by atoms with Gasteiger partial charge in [0.2, 0.25) is 0 Å². The number of nitrogens with one attached hydrogen (secondary N) is 1. The van der Waals surface area contributed by atoms with E-state index in [1.54, 1.807) is 0 Å². The van der Waals surface area contributed by atoms with Crippen molar-refractivity contribution in [1.29, 1.82) is 0 Å². The van der Waals surface area contributed by atoms with Gasteiger partial charge in [-0.2, -0.15) is 0 Å². The van der Waals surface area contributed by atoms with Crippen molar-refractivity contribution in [1.82, 2.24) is 4.90 Å². The Kier molecular flexibility index (Phi) is 7.66. The summed E-state index contributed by atoms with van der Waals surface area (Å²) in [5, 5.41) is 2.64. The molecule has 0 aliphatic heterocycles. The van der Waals surface area contributed by atoms with E-state index in [1.165, 1.54) is 19.3 Å². The largest absolute Gasteiger partial charge is 0.370 e. The van der Waals surface area contributed by atoms with Crippen molar-refractivity contribution in [2.75, 3.05) is 26.0 Å². The first kappa shape index (κ1) is 20.1. The molecule has 23 heavy (non-hydrogen) atoms. The summed E-state index contributed by atoms with van der Waals surface area (Å²) in [6, 6.07) is 3.20. The highest BCUT2D eigenvalue weighted by atomic mass is 127. The number of rotatable bonds is 4. The molecule has 1 aromatic carbocycles. The van der Waals surface area contributed by atoms with Crippen LogP contribution in [0.2, 0.25) is 0 Å². The summed E-state index contributed by atoms with van der Waals surface area (Å²) < 4.78 is 26.7. The van der Waals surface area contributed by atoms with E-state index in [0.717, 1.165) is 31.0 Å². The van der Waals surface area contributed by atoms with Crippen LogP contribution in [0.1, 0.15) is 32.1 Å². The van der Waals surface area contributed by atoms with Gasteiger partial charge < -0.3 is 16.0 Å². The van der Waals surface area contributed by atoms with Crippen molar-refractivity contribution in [3.05, 3.63) is 29.8 Å². The van der Waals surface area contributed by atoms with Gasteiger partial charge in [-0.25, -0.2) is 8.78 Å². The second-order valence-electron chi connectivity index (χ2n) is 6.13. The molecular weight excluding hydrogens is 413 g/mol. The lowest BCUT2D eigenvalue weighted by atomic mass is 9.81. The number of hydrogen-bond donors (Lipinski definition) is 2. The summed E-state index contributed by atoms with van der Waals surface area (Å²) in [4.78, 5) is 6.56. The minimum atomic E-state index is -0.556. The second-order valence-corrected chi connectivity index (χ2v) is 6.13. The van der Waals surface area contributed by atoms with E-state index >= 15 is 0 Å². The Morgan fingerprint density at radius 3 is 2.52 bits per heavy atom. The molecule has 1 aliphatic carbocycles. The lowest BCUT2D eigenvalue weighted by Gasteiger charge is -2.42. The van der Waals surface area contributed by atoms with Gasteiger partial charge in [0.15, 0.2) is 5.96 Å². The third kappa shape index (κ3) is 5.27. The Morgan fingerprint density at radius 2 is 1.91 bits per heavy atom. The second kappa shape index (κ2) is 8.77. The van der Waals surface area contributed by atoms with Crippen LogP contribution in [0, 0.1) is 11.6 Å². The average molecular weight is 438 g/mol. The molecule has 0 spiro atoms. The molecule has 0 heterocycles. The number of nitrogens with zero attached hydrogens (tertiary/aromatic N) is 2. The number of likely N-dealkylation sites (N-methyl/N-ethyl adjacent to an activating group) is 1. The lowest BCUT2D eigenvalue weighted by Crippen LogP contribution is -2.49. The van der Waals surface area contributed by atoms with Gasteiger partial charge in [0.25, 0.3) is 0 Å². The van der Waals surface area contributed by atoms with Crippen molar-refractivity contribution in [2.24, 2.45) is 10.7 Å². The van der Waals surface area contributed by atoms with Crippen LogP contribution in [0.5, 0.6) is 0 Å². The quantitative estimate of drug-likeness (QED) is 0.430. The van der Waals surface area contributed by atoms with E-state index < -0.39 is 11.6 Å². The predicted octanol–water partition coefficient (Wildman–Crippen LogP) is 3.57. The van der Waals surface area contributed by atoms with Gasteiger partial charge >= 0.3 is 0 Å². The Morgan fingerprint density at radius 1 is 1.26 bits per heavy atom. The predicted molar refractivity (Wildman–Crippen MR) is 101 cm³/mol. The van der Waals surface area contributed by atoms with Gasteiger partial charge in [-0.05, 0) is 39.1 Å². The molecule has 7 heteroatoms. The van der Waals surface area contributed by atoms with Crippen molar-refractivity contribution in [3.63, 3.8) is 0 Å². The average Bonchev–Trinajstić information content (AvgIpc) is 2.50. The Balaban J connectivity index is 0.00000264. The number of hydrogen-bond acceptors (Lipinski definition) is 2. The molecule has 3 N–H and O–H groups in total. The third-order valence-electron chi connectivity index (χ3n) is 4.47. The summed E-state index contributed by atoms with van der Waals surface area (Å²) in [7, 11) is 4.10. The first-order chi connectivity index (χ1) is 10.4. The van der Waals surface area contributed by atoms with E-state index in [2.05, 4.69) is 29.3 Å². The van der Waals surface area contributed by atoms with Crippen LogP contribution in [-0.4, -0.2) is 37.0 Å². The molecule has 0 saturated heterocycles. The van der Waals surface area contributed by atoms with Gasteiger partial charge in [-0.1, -0.05) is 19.3 Å². The smallest absolute Gasteiger partial charge is 0.193 e. The molecule has 1 saturated carbocycles. The molecule has 0 atom stereocenters. The fourth-order valence-electron chi connectivity index (χ4n) is 2.96. The molecule has 1 aromatic rings. The zero-order valence-corrected chi connectivity index (χ0v) is 15.9. The molecule has 1 aliphatic rings. The minimum Gasteiger partial charge on any atom is -0.370 e. The van der Waals surface area contributed by atoms with E-state index in [0.29, 0.717) is 6.54 Å². The van der Waals surface area contributed by atoms with Crippen molar-refractivity contribution < 1.29 is 8.78 Å². The molecule has 0 aromatic heterocycles. The number of anilines is 1. The molecule has 130 valence electrons. The highest BCUT2D eigenvalue weighted by Crippen LogP contribution is 2.32. The summed E-state index contributed by atoms with van der Waals surface area (Å²) in [5.74, 6) is -0.968. The molecular formula is C16H25F2IN4. The SMILES string of the molecule is CN(C)C1(CN=C(N)Nc2cc(F)ccc2F)CCCCC1.I. The summed E-state index contributed by atoms with van der Waals surface area (Å²) in [5.41, 5.74) is 5.84. The highest BCUT2D eigenvalue weighted by Gasteiger charge is 2.33. The third-order valence-corrected chi connectivity index (χ3v) is 4.47. The number of nitrogens with two attached hydrogens (primary N) is 1. The number of aliphatic imine (C=N–C) groups is 1. The first-order valence-corrected chi connectivity index (χ1v) is 7.62. The van der Waals surface area contributed by atoms with Crippen LogP contribution in [0.25, 0.3) is 0 Å². The maximum Gasteiger partial charge on any atom is 0.193 e. The molecule has 0 unspecified atom stereocenters. The Bertz CT molecular complexity index is 543. The molecule has 1 fully saturated rings. The number of guanidine groups is 1. The zero-order chi connectivity index (χ0) is 16.2. The van der Waals surface area contributed by atoms with E-state index in [-0.39, 0.29) is 41.2 Å².